The van der Waals surface area contributed by atoms with Gasteiger partial charge in [-0.05, 0) is 12.8 Å². The molecule has 1 spiro atoms. The summed E-state index contributed by atoms with van der Waals surface area (Å²) in [6.07, 6.45) is 1.21. The summed E-state index contributed by atoms with van der Waals surface area (Å²) in [7, 11) is 0. The number of β-amino-alcohol motifs (C(OH)–C–C–N with tert-alkyl or cyclic N) is 1. The third-order valence-corrected chi connectivity index (χ3v) is 4.01. The lowest BCUT2D eigenvalue weighted by Crippen LogP contribution is -2.23. The van der Waals surface area contributed by atoms with E-state index in [9.17, 15) is 18.3 Å². The number of hydrogen-bond donors (Lipinski definition) is 2. The largest absolute Gasteiger partial charge is 0.394 e. The molecule has 2 fully saturated rings. The average Bonchev–Trinajstić information content (AvgIpc) is 3.03. The summed E-state index contributed by atoms with van der Waals surface area (Å²) in [5, 5.41) is 9.87. The number of aliphatic hydroxyl groups is 1. The Kier molecular flexibility index (Phi) is 2.29. The summed E-state index contributed by atoms with van der Waals surface area (Å²) in [6, 6.07) is 0.801. The Morgan fingerprint density at radius 1 is 1.28 bits per heavy atom. The highest BCUT2D eigenvalue weighted by Crippen LogP contribution is 2.53. The van der Waals surface area contributed by atoms with Crippen LogP contribution in [0.25, 0.3) is 0 Å². The third kappa shape index (κ3) is 1.48. The Morgan fingerprint density at radius 3 is 2.50 bits per heavy atom. The van der Waals surface area contributed by atoms with Crippen LogP contribution in [-0.2, 0) is 0 Å². The van der Waals surface area contributed by atoms with E-state index in [1.165, 1.54) is 4.90 Å². The normalized spacial score (nSPS) is 24.9. The number of nitrogen functional groups attached to an aromatic ring is 1. The van der Waals surface area contributed by atoms with E-state index in [0.29, 0.717) is 6.54 Å². The molecule has 0 radical (unpaired) electrons. The van der Waals surface area contributed by atoms with Crippen molar-refractivity contribution in [3.8, 4) is 0 Å². The smallest absolute Gasteiger partial charge is 0.184 e. The maximum absolute atomic E-state index is 13.8. The molecule has 1 unspecified atom stereocenters. The van der Waals surface area contributed by atoms with E-state index < -0.39 is 29.2 Å². The number of halogens is 3. The van der Waals surface area contributed by atoms with Crippen molar-refractivity contribution in [3.63, 3.8) is 0 Å². The van der Waals surface area contributed by atoms with Crippen molar-refractivity contribution in [2.24, 2.45) is 5.41 Å². The van der Waals surface area contributed by atoms with Gasteiger partial charge in [0.1, 0.15) is 5.69 Å². The first kappa shape index (κ1) is 11.6. The van der Waals surface area contributed by atoms with Crippen LogP contribution in [0.3, 0.4) is 0 Å². The number of aliphatic hydroxyl groups excluding tert-OH is 1. The minimum Gasteiger partial charge on any atom is -0.394 e. The zero-order valence-corrected chi connectivity index (χ0v) is 9.59. The van der Waals surface area contributed by atoms with Crippen LogP contribution in [0, 0.1) is 22.9 Å². The van der Waals surface area contributed by atoms with Gasteiger partial charge in [-0.3, -0.25) is 0 Å². The van der Waals surface area contributed by atoms with Crippen LogP contribution in [0.2, 0.25) is 0 Å². The quantitative estimate of drug-likeness (QED) is 0.595. The fourth-order valence-electron chi connectivity index (χ4n) is 2.63. The molecule has 1 aliphatic carbocycles. The number of rotatable bonds is 1. The summed E-state index contributed by atoms with van der Waals surface area (Å²) < 4.78 is 40.2. The monoisotopic (exact) mass is 258 g/mol. The first-order valence-corrected chi connectivity index (χ1v) is 5.80. The van der Waals surface area contributed by atoms with Gasteiger partial charge < -0.3 is 15.7 Å². The SMILES string of the molecule is Nc1c(F)c(F)cc(N2CC(O)C3(CC3)C2)c1F. The van der Waals surface area contributed by atoms with Crippen molar-refractivity contribution in [2.75, 3.05) is 23.7 Å². The Morgan fingerprint density at radius 2 is 1.94 bits per heavy atom. The van der Waals surface area contributed by atoms with Gasteiger partial charge in [0, 0.05) is 24.6 Å². The van der Waals surface area contributed by atoms with E-state index in [2.05, 4.69) is 0 Å². The zero-order chi connectivity index (χ0) is 13.1. The van der Waals surface area contributed by atoms with Gasteiger partial charge in [0.2, 0.25) is 0 Å². The summed E-state index contributed by atoms with van der Waals surface area (Å²) in [5.41, 5.74) is 4.12. The van der Waals surface area contributed by atoms with Crippen molar-refractivity contribution in [1.29, 1.82) is 0 Å². The van der Waals surface area contributed by atoms with Gasteiger partial charge in [0.25, 0.3) is 0 Å². The average molecular weight is 258 g/mol. The topological polar surface area (TPSA) is 49.5 Å². The minimum atomic E-state index is -1.36. The van der Waals surface area contributed by atoms with Crippen LogP contribution in [0.4, 0.5) is 24.5 Å². The fraction of sp³-hybridized carbons (Fsp3) is 0.500. The van der Waals surface area contributed by atoms with Gasteiger partial charge in [-0.25, -0.2) is 13.2 Å². The molecule has 3 nitrogen and oxygen atoms in total. The van der Waals surface area contributed by atoms with Crippen LogP contribution in [0.15, 0.2) is 6.07 Å². The molecule has 98 valence electrons. The highest BCUT2D eigenvalue weighted by atomic mass is 19.2. The van der Waals surface area contributed by atoms with Gasteiger partial charge in [0.15, 0.2) is 17.5 Å². The molecule has 1 saturated carbocycles. The van der Waals surface area contributed by atoms with E-state index >= 15 is 0 Å². The van der Waals surface area contributed by atoms with Crippen LogP contribution in [-0.4, -0.2) is 24.3 Å². The summed E-state index contributed by atoms with van der Waals surface area (Å²) in [6.45, 7) is 0.678. The Labute approximate surface area is 102 Å². The predicted octanol–water partition coefficient (Wildman–Crippen LogP) is 1.65. The summed E-state index contributed by atoms with van der Waals surface area (Å²) in [5.74, 6) is -3.49. The molecule has 1 saturated heterocycles. The van der Waals surface area contributed by atoms with Gasteiger partial charge in [-0.2, -0.15) is 0 Å². The minimum absolute atomic E-state index is 0.0748. The summed E-state index contributed by atoms with van der Waals surface area (Å²) >= 11 is 0. The molecule has 3 rings (SSSR count). The number of hydrogen-bond acceptors (Lipinski definition) is 3. The number of anilines is 2. The molecule has 1 atom stereocenters. The van der Waals surface area contributed by atoms with E-state index in [0.717, 1.165) is 18.9 Å². The van der Waals surface area contributed by atoms with Gasteiger partial charge in [-0.15, -0.1) is 0 Å². The zero-order valence-electron chi connectivity index (χ0n) is 9.59. The molecule has 6 heteroatoms. The lowest BCUT2D eigenvalue weighted by Gasteiger charge is -2.20. The van der Waals surface area contributed by atoms with E-state index in [1.807, 2.05) is 0 Å². The number of nitrogens with two attached hydrogens (primary N) is 1. The summed E-state index contributed by atoms with van der Waals surface area (Å²) in [4.78, 5) is 1.53. The van der Waals surface area contributed by atoms with Crippen LogP contribution in [0.1, 0.15) is 12.8 Å². The van der Waals surface area contributed by atoms with Crippen molar-refractivity contribution >= 4 is 11.4 Å². The molecule has 1 aromatic carbocycles. The van der Waals surface area contributed by atoms with Crippen molar-refractivity contribution in [2.45, 2.75) is 18.9 Å². The fourth-order valence-corrected chi connectivity index (χ4v) is 2.63. The third-order valence-electron chi connectivity index (χ3n) is 4.01. The molecular weight excluding hydrogens is 245 g/mol. The Hall–Kier alpha value is -1.43. The van der Waals surface area contributed by atoms with Crippen molar-refractivity contribution < 1.29 is 18.3 Å². The maximum Gasteiger partial charge on any atom is 0.184 e. The number of nitrogens with zero attached hydrogens (tertiary/aromatic N) is 1. The van der Waals surface area contributed by atoms with Crippen LogP contribution >= 0.6 is 0 Å². The standard InChI is InChI=1S/C12H13F3N2O/c13-6-3-7(10(15)11(16)9(6)14)17-4-8(18)12(5-17)1-2-12/h3,8,18H,1-2,4-5,16H2. The molecule has 1 heterocycles. The Bertz CT molecular complexity index is 517. The molecular formula is C12H13F3N2O. The van der Waals surface area contributed by atoms with Gasteiger partial charge in [0.05, 0.1) is 11.8 Å². The van der Waals surface area contributed by atoms with Crippen molar-refractivity contribution in [1.82, 2.24) is 0 Å². The second-order valence-electron chi connectivity index (χ2n) is 5.18. The van der Waals surface area contributed by atoms with E-state index in [1.54, 1.807) is 0 Å². The van der Waals surface area contributed by atoms with E-state index in [-0.39, 0.29) is 17.6 Å². The molecule has 1 aromatic rings. The molecule has 0 amide bonds. The highest BCUT2D eigenvalue weighted by molar-refractivity contribution is 5.60. The lowest BCUT2D eigenvalue weighted by atomic mass is 10.0. The first-order valence-electron chi connectivity index (χ1n) is 5.80. The highest BCUT2D eigenvalue weighted by Gasteiger charge is 2.55. The molecule has 18 heavy (non-hydrogen) atoms. The number of benzene rings is 1. The van der Waals surface area contributed by atoms with Crippen molar-refractivity contribution in [3.05, 3.63) is 23.5 Å². The first-order chi connectivity index (χ1) is 8.44. The molecule has 3 N–H and O–H groups in total. The van der Waals surface area contributed by atoms with Crippen LogP contribution < -0.4 is 10.6 Å². The van der Waals surface area contributed by atoms with Gasteiger partial charge >= 0.3 is 0 Å². The van der Waals surface area contributed by atoms with Crippen LogP contribution in [0.5, 0.6) is 0 Å². The Balaban J connectivity index is 1.98. The predicted molar refractivity (Wildman–Crippen MR) is 60.6 cm³/mol. The molecule has 0 aromatic heterocycles. The van der Waals surface area contributed by atoms with Gasteiger partial charge in [-0.1, -0.05) is 0 Å². The second-order valence-corrected chi connectivity index (χ2v) is 5.18. The molecule has 0 bridgehead atoms. The molecule has 2 aliphatic rings. The van der Waals surface area contributed by atoms with E-state index in [4.69, 9.17) is 5.73 Å². The lowest BCUT2D eigenvalue weighted by molar-refractivity contribution is 0.136. The second kappa shape index (κ2) is 3.54. The maximum atomic E-state index is 13.8. The molecule has 1 aliphatic heterocycles.